The molecule has 92 valence electrons. The largest absolute Gasteiger partial charge is 0.330 e. The number of rotatable bonds is 7. The van der Waals surface area contributed by atoms with Crippen molar-refractivity contribution in [3.8, 4) is 0 Å². The molecule has 0 bridgehead atoms. The lowest BCUT2D eigenvalue weighted by Gasteiger charge is -2.26. The third-order valence-corrected chi connectivity index (χ3v) is 3.93. The lowest BCUT2D eigenvalue weighted by molar-refractivity contribution is 0.345. The van der Waals surface area contributed by atoms with E-state index in [1.165, 1.54) is 12.8 Å². The van der Waals surface area contributed by atoms with Crippen LogP contribution in [0.2, 0.25) is 0 Å². The van der Waals surface area contributed by atoms with Gasteiger partial charge in [0, 0.05) is 18.1 Å². The Balaban J connectivity index is 2.47. The molecule has 1 rings (SSSR count). The van der Waals surface area contributed by atoms with Gasteiger partial charge in [0.25, 0.3) is 0 Å². The number of thiazole rings is 1. The van der Waals surface area contributed by atoms with E-state index in [0.717, 1.165) is 18.1 Å². The van der Waals surface area contributed by atoms with Crippen molar-refractivity contribution >= 4 is 11.3 Å². The van der Waals surface area contributed by atoms with Crippen LogP contribution in [0.4, 0.5) is 0 Å². The predicted octanol–water partition coefficient (Wildman–Crippen LogP) is 2.34. The molecule has 3 nitrogen and oxygen atoms in total. The zero-order valence-electron chi connectivity index (χ0n) is 10.5. The highest BCUT2D eigenvalue weighted by Crippen LogP contribution is 2.22. The maximum absolute atomic E-state index is 5.75. The monoisotopic (exact) mass is 241 g/mol. The molecule has 1 heterocycles. The van der Waals surface area contributed by atoms with Gasteiger partial charge in [-0.05, 0) is 32.7 Å². The second kappa shape index (κ2) is 6.33. The number of nitrogens with zero attached hydrogens (tertiary/aromatic N) is 1. The van der Waals surface area contributed by atoms with Crippen molar-refractivity contribution in [2.45, 2.75) is 39.2 Å². The molecule has 0 aromatic carbocycles. The maximum Gasteiger partial charge on any atom is 0.112 e. The Morgan fingerprint density at radius 1 is 1.56 bits per heavy atom. The Morgan fingerprint density at radius 2 is 2.31 bits per heavy atom. The summed E-state index contributed by atoms with van der Waals surface area (Å²) in [4.78, 5) is 4.36. The SMILES string of the molecule is CCCC(CN)CNC(C)(C)c1nccs1. The molecule has 0 fully saturated rings. The van der Waals surface area contributed by atoms with Gasteiger partial charge in [0.05, 0.1) is 5.54 Å². The molecule has 1 aromatic heterocycles. The fourth-order valence-electron chi connectivity index (χ4n) is 1.72. The van der Waals surface area contributed by atoms with Gasteiger partial charge in [0.2, 0.25) is 0 Å². The minimum absolute atomic E-state index is 0.0463. The molecule has 0 spiro atoms. The van der Waals surface area contributed by atoms with E-state index in [2.05, 4.69) is 31.1 Å². The minimum atomic E-state index is -0.0463. The van der Waals surface area contributed by atoms with Crippen LogP contribution in [0.3, 0.4) is 0 Å². The molecular formula is C12H23N3S. The van der Waals surface area contributed by atoms with E-state index in [9.17, 15) is 0 Å². The van der Waals surface area contributed by atoms with Gasteiger partial charge in [-0.3, -0.25) is 0 Å². The summed E-state index contributed by atoms with van der Waals surface area (Å²) in [5.74, 6) is 0.573. The van der Waals surface area contributed by atoms with Crippen LogP contribution in [-0.2, 0) is 5.54 Å². The average Bonchev–Trinajstić information content (AvgIpc) is 2.78. The highest BCUT2D eigenvalue weighted by Gasteiger charge is 2.23. The fourth-order valence-corrected chi connectivity index (χ4v) is 2.46. The van der Waals surface area contributed by atoms with Gasteiger partial charge >= 0.3 is 0 Å². The van der Waals surface area contributed by atoms with E-state index in [1.807, 2.05) is 11.6 Å². The Morgan fingerprint density at radius 3 is 2.81 bits per heavy atom. The van der Waals surface area contributed by atoms with Gasteiger partial charge in [0.1, 0.15) is 5.01 Å². The highest BCUT2D eigenvalue weighted by molar-refractivity contribution is 7.09. The average molecular weight is 241 g/mol. The number of nitrogens with two attached hydrogens (primary N) is 1. The van der Waals surface area contributed by atoms with Crippen LogP contribution in [0.25, 0.3) is 0 Å². The van der Waals surface area contributed by atoms with E-state index >= 15 is 0 Å². The molecule has 0 radical (unpaired) electrons. The van der Waals surface area contributed by atoms with Gasteiger partial charge in [-0.1, -0.05) is 13.3 Å². The second-order valence-electron chi connectivity index (χ2n) is 4.73. The van der Waals surface area contributed by atoms with Crippen LogP contribution in [0, 0.1) is 5.92 Å². The first-order valence-electron chi connectivity index (χ1n) is 5.95. The third kappa shape index (κ3) is 3.85. The maximum atomic E-state index is 5.75. The summed E-state index contributed by atoms with van der Waals surface area (Å²) in [6, 6.07) is 0. The number of aromatic nitrogens is 1. The predicted molar refractivity (Wildman–Crippen MR) is 70.6 cm³/mol. The third-order valence-electron chi connectivity index (χ3n) is 2.83. The lowest BCUT2D eigenvalue weighted by Crippen LogP contribution is -2.41. The van der Waals surface area contributed by atoms with Crippen molar-refractivity contribution in [3.05, 3.63) is 16.6 Å². The van der Waals surface area contributed by atoms with Crippen LogP contribution in [0.5, 0.6) is 0 Å². The van der Waals surface area contributed by atoms with Crippen molar-refractivity contribution in [2.75, 3.05) is 13.1 Å². The van der Waals surface area contributed by atoms with Crippen molar-refractivity contribution in [3.63, 3.8) is 0 Å². The zero-order chi connectivity index (χ0) is 12.0. The zero-order valence-corrected chi connectivity index (χ0v) is 11.3. The van der Waals surface area contributed by atoms with Gasteiger partial charge in [-0.25, -0.2) is 4.98 Å². The first-order valence-corrected chi connectivity index (χ1v) is 6.83. The summed E-state index contributed by atoms with van der Waals surface area (Å²) in [5.41, 5.74) is 5.71. The molecule has 0 amide bonds. The molecule has 4 heteroatoms. The fraction of sp³-hybridized carbons (Fsp3) is 0.750. The van der Waals surface area contributed by atoms with Gasteiger partial charge < -0.3 is 11.1 Å². The molecular weight excluding hydrogens is 218 g/mol. The van der Waals surface area contributed by atoms with Crippen LogP contribution in [0.1, 0.15) is 38.6 Å². The molecule has 3 N–H and O–H groups in total. The van der Waals surface area contributed by atoms with E-state index in [4.69, 9.17) is 5.73 Å². The molecule has 0 saturated carbocycles. The number of hydrogen-bond donors (Lipinski definition) is 2. The Kier molecular flexibility index (Phi) is 5.38. The molecule has 1 aromatic rings. The van der Waals surface area contributed by atoms with Crippen molar-refractivity contribution in [1.29, 1.82) is 0 Å². The van der Waals surface area contributed by atoms with Gasteiger partial charge in [-0.15, -0.1) is 11.3 Å². The summed E-state index contributed by atoms with van der Waals surface area (Å²) < 4.78 is 0. The summed E-state index contributed by atoms with van der Waals surface area (Å²) in [6.45, 7) is 8.27. The van der Waals surface area contributed by atoms with Crippen LogP contribution in [-0.4, -0.2) is 18.1 Å². The van der Waals surface area contributed by atoms with E-state index in [0.29, 0.717) is 5.92 Å². The second-order valence-corrected chi connectivity index (χ2v) is 5.63. The van der Waals surface area contributed by atoms with Crippen molar-refractivity contribution < 1.29 is 0 Å². The summed E-state index contributed by atoms with van der Waals surface area (Å²) >= 11 is 1.70. The van der Waals surface area contributed by atoms with E-state index < -0.39 is 0 Å². The van der Waals surface area contributed by atoms with Crippen LogP contribution >= 0.6 is 11.3 Å². The van der Waals surface area contributed by atoms with Crippen LogP contribution < -0.4 is 11.1 Å². The standard InChI is InChI=1S/C12H23N3S/c1-4-5-10(8-13)9-15-12(2,3)11-14-6-7-16-11/h6-7,10,15H,4-5,8-9,13H2,1-3H3. The van der Waals surface area contributed by atoms with E-state index in [1.54, 1.807) is 11.3 Å². The molecule has 1 atom stereocenters. The molecule has 0 aliphatic heterocycles. The summed E-state index contributed by atoms with van der Waals surface area (Å²) in [7, 11) is 0. The Hall–Kier alpha value is -0.450. The first-order chi connectivity index (χ1) is 7.60. The molecule has 0 aliphatic carbocycles. The highest BCUT2D eigenvalue weighted by atomic mass is 32.1. The Labute approximate surface area is 102 Å². The first kappa shape index (κ1) is 13.6. The smallest absolute Gasteiger partial charge is 0.112 e. The molecule has 0 saturated heterocycles. The molecule has 1 unspecified atom stereocenters. The summed E-state index contributed by atoms with van der Waals surface area (Å²) in [5, 5.41) is 6.72. The van der Waals surface area contributed by atoms with E-state index in [-0.39, 0.29) is 5.54 Å². The Bertz CT molecular complexity index is 282. The minimum Gasteiger partial charge on any atom is -0.330 e. The van der Waals surface area contributed by atoms with Gasteiger partial charge in [0.15, 0.2) is 0 Å². The molecule has 16 heavy (non-hydrogen) atoms. The quantitative estimate of drug-likeness (QED) is 0.770. The van der Waals surface area contributed by atoms with Crippen molar-refractivity contribution in [1.82, 2.24) is 10.3 Å². The van der Waals surface area contributed by atoms with Gasteiger partial charge in [-0.2, -0.15) is 0 Å². The van der Waals surface area contributed by atoms with Crippen LogP contribution in [0.15, 0.2) is 11.6 Å². The van der Waals surface area contributed by atoms with Crippen molar-refractivity contribution in [2.24, 2.45) is 11.7 Å². The topological polar surface area (TPSA) is 50.9 Å². The summed E-state index contributed by atoms with van der Waals surface area (Å²) in [6.07, 6.45) is 4.24. The molecule has 0 aliphatic rings. The number of hydrogen-bond acceptors (Lipinski definition) is 4. The normalized spacial score (nSPS) is 14.0. The number of nitrogens with one attached hydrogen (secondary N) is 1. The lowest BCUT2D eigenvalue weighted by atomic mass is 10.0.